The van der Waals surface area contributed by atoms with Crippen LogP contribution in [0.3, 0.4) is 0 Å². The first-order chi connectivity index (χ1) is 22.5. The number of rotatable bonds is 11. The Balaban J connectivity index is 1.07. The fourth-order valence-electron chi connectivity index (χ4n) is 6.79. The molecule has 3 fully saturated rings. The fraction of sp³-hybridized carbons (Fsp3) is 0.529. The number of benzene rings is 1. The van der Waals surface area contributed by atoms with Gasteiger partial charge in [-0.1, -0.05) is 6.07 Å². The summed E-state index contributed by atoms with van der Waals surface area (Å²) in [4.78, 5) is 27.7. The molecule has 252 valence electrons. The minimum atomic E-state index is -4.50. The number of aliphatic hydroxyl groups is 1. The lowest BCUT2D eigenvalue weighted by atomic mass is 9.82. The van der Waals surface area contributed by atoms with Crippen LogP contribution in [0.1, 0.15) is 67.6 Å². The van der Waals surface area contributed by atoms with E-state index >= 15 is 0 Å². The van der Waals surface area contributed by atoms with Gasteiger partial charge in [0, 0.05) is 68.2 Å². The molecule has 2 aromatic heterocycles. The molecule has 1 aliphatic carbocycles. The molecule has 3 aromatic rings. The Morgan fingerprint density at radius 2 is 1.70 bits per heavy atom. The zero-order valence-electron chi connectivity index (χ0n) is 26.3. The molecule has 2 saturated heterocycles. The third-order valence-corrected chi connectivity index (χ3v) is 9.74. The summed E-state index contributed by atoms with van der Waals surface area (Å²) < 4.78 is 50.5. The van der Waals surface area contributed by atoms with Crippen LogP contribution in [-0.4, -0.2) is 71.0 Å². The highest BCUT2D eigenvalue weighted by atomic mass is 19.4. The zero-order valence-corrected chi connectivity index (χ0v) is 26.3. The van der Waals surface area contributed by atoms with E-state index in [1.165, 1.54) is 0 Å². The van der Waals surface area contributed by atoms with Gasteiger partial charge in [0.15, 0.2) is 0 Å². The average molecular weight is 656 g/mol. The number of aliphatic carboxylic acids is 1. The summed E-state index contributed by atoms with van der Waals surface area (Å²) in [7, 11) is 1.61. The third-order valence-electron chi connectivity index (χ3n) is 9.74. The molecule has 2 aliphatic heterocycles. The number of carbonyl (C=O) groups is 1. The maximum absolute atomic E-state index is 13.0. The summed E-state index contributed by atoms with van der Waals surface area (Å²) in [5.41, 5.74) is 0.641. The van der Waals surface area contributed by atoms with Gasteiger partial charge in [-0.2, -0.15) is 13.2 Å². The number of aromatic nitrogens is 3. The van der Waals surface area contributed by atoms with Gasteiger partial charge in [-0.15, -0.1) is 0 Å². The van der Waals surface area contributed by atoms with Gasteiger partial charge >= 0.3 is 12.1 Å². The number of hydrogen-bond acceptors (Lipinski definition) is 9. The Kier molecular flexibility index (Phi) is 9.45. The molecule has 1 unspecified atom stereocenters. The fourth-order valence-corrected chi connectivity index (χ4v) is 6.79. The molecule has 1 atom stereocenters. The number of anilines is 2. The van der Waals surface area contributed by atoms with Gasteiger partial charge in [0.05, 0.1) is 31.3 Å². The van der Waals surface area contributed by atoms with E-state index in [0.717, 1.165) is 68.0 Å². The number of pyridine rings is 1. The Morgan fingerprint density at radius 1 is 1.00 bits per heavy atom. The average Bonchev–Trinajstić information content (AvgIpc) is 3.92. The van der Waals surface area contributed by atoms with Crippen LogP contribution >= 0.6 is 0 Å². The molecular formula is C34H40F3N5O5. The number of ether oxygens (including phenoxy) is 2. The highest BCUT2D eigenvalue weighted by Gasteiger charge is 2.39. The molecule has 13 heteroatoms. The van der Waals surface area contributed by atoms with Crippen LogP contribution in [0.4, 0.5) is 24.8 Å². The largest absolute Gasteiger partial charge is 0.497 e. The quantitative estimate of drug-likeness (QED) is 0.268. The number of carboxylic acids is 1. The topological polar surface area (TPSA) is 121 Å². The van der Waals surface area contributed by atoms with Crippen molar-refractivity contribution >= 4 is 17.6 Å². The van der Waals surface area contributed by atoms with Crippen LogP contribution in [0.2, 0.25) is 0 Å². The van der Waals surface area contributed by atoms with E-state index in [2.05, 4.69) is 19.9 Å². The lowest BCUT2D eigenvalue weighted by molar-refractivity contribution is -0.138. The third kappa shape index (κ3) is 7.72. The number of hydrogen-bond donors (Lipinski definition) is 2. The summed E-state index contributed by atoms with van der Waals surface area (Å²) in [6, 6.07) is 9.49. The summed E-state index contributed by atoms with van der Waals surface area (Å²) in [5, 5.41) is 21.3. The SMILES string of the molecule is COc1ccc(C2(O)CCN(c3ncc(C(F)(F)F)cn3)CC2)c(N2CCC(COc3cc(C(CC(=O)O)C4CC4)ccn3)CC2)c1. The smallest absolute Gasteiger partial charge is 0.419 e. The number of nitrogens with zero attached hydrogens (tertiary/aromatic N) is 5. The van der Waals surface area contributed by atoms with E-state index in [1.54, 1.807) is 18.2 Å². The van der Waals surface area contributed by atoms with Crippen LogP contribution < -0.4 is 19.3 Å². The second-order valence-electron chi connectivity index (χ2n) is 12.9. The van der Waals surface area contributed by atoms with Crippen molar-refractivity contribution in [2.24, 2.45) is 11.8 Å². The second kappa shape index (κ2) is 13.5. The summed E-state index contributed by atoms with van der Waals surface area (Å²) >= 11 is 0. The van der Waals surface area contributed by atoms with Gasteiger partial charge in [-0.3, -0.25) is 4.79 Å². The van der Waals surface area contributed by atoms with E-state index in [9.17, 15) is 28.2 Å². The molecule has 47 heavy (non-hydrogen) atoms. The molecule has 0 bridgehead atoms. The molecule has 0 radical (unpaired) electrons. The second-order valence-corrected chi connectivity index (χ2v) is 12.9. The van der Waals surface area contributed by atoms with Gasteiger partial charge in [0.25, 0.3) is 0 Å². The van der Waals surface area contributed by atoms with E-state index < -0.39 is 23.3 Å². The Bertz CT molecular complexity index is 1540. The maximum atomic E-state index is 13.0. The van der Waals surface area contributed by atoms with Crippen LogP contribution in [0.15, 0.2) is 48.9 Å². The molecule has 10 nitrogen and oxygen atoms in total. The predicted molar refractivity (Wildman–Crippen MR) is 168 cm³/mol. The maximum Gasteiger partial charge on any atom is 0.419 e. The first kappa shape index (κ1) is 32.8. The molecule has 1 saturated carbocycles. The van der Waals surface area contributed by atoms with E-state index in [0.29, 0.717) is 56.0 Å². The first-order valence-electron chi connectivity index (χ1n) is 16.1. The standard InChI is InChI=1S/C34H40F3N5O5/c1-46-26-4-5-28(33(45)9-14-42(15-10-33)32-39-19-25(20-40-32)34(35,36)37)29(17-26)41-12-7-22(8-13-41)21-47-30-16-24(6-11-38-30)27(18-31(43)44)23-2-3-23/h4-6,11,16-17,19-20,22-23,27,45H,2-3,7-10,12-15,18,21H2,1H3,(H,43,44). The number of alkyl halides is 3. The zero-order chi connectivity index (χ0) is 33.2. The minimum Gasteiger partial charge on any atom is -0.497 e. The van der Waals surface area contributed by atoms with E-state index in [4.69, 9.17) is 9.47 Å². The molecule has 2 N–H and O–H groups in total. The molecule has 0 amide bonds. The van der Waals surface area contributed by atoms with Gasteiger partial charge in [-0.25, -0.2) is 15.0 Å². The monoisotopic (exact) mass is 655 g/mol. The first-order valence-corrected chi connectivity index (χ1v) is 16.1. The minimum absolute atomic E-state index is 0.0154. The predicted octanol–water partition coefficient (Wildman–Crippen LogP) is 5.65. The van der Waals surface area contributed by atoms with Crippen molar-refractivity contribution in [3.05, 3.63) is 65.6 Å². The van der Waals surface area contributed by atoms with E-state index in [1.807, 2.05) is 30.3 Å². The van der Waals surface area contributed by atoms with Crippen molar-refractivity contribution in [1.82, 2.24) is 15.0 Å². The lowest BCUT2D eigenvalue weighted by Crippen LogP contribution is -2.44. The molecule has 4 heterocycles. The van der Waals surface area contributed by atoms with Crippen LogP contribution in [-0.2, 0) is 16.6 Å². The number of carboxylic acid groups (broad SMARTS) is 1. The van der Waals surface area contributed by atoms with Crippen molar-refractivity contribution < 1.29 is 37.7 Å². The number of methoxy groups -OCH3 is 1. The highest BCUT2D eigenvalue weighted by Crippen LogP contribution is 2.45. The van der Waals surface area contributed by atoms with Crippen LogP contribution in [0, 0.1) is 11.8 Å². The Morgan fingerprint density at radius 3 is 2.32 bits per heavy atom. The van der Waals surface area contributed by atoms with E-state index in [-0.39, 0.29) is 18.3 Å². The lowest BCUT2D eigenvalue weighted by Gasteiger charge is -2.42. The van der Waals surface area contributed by atoms with Crippen molar-refractivity contribution in [3.8, 4) is 11.6 Å². The summed E-state index contributed by atoms with van der Waals surface area (Å²) in [5.74, 6) is 1.32. The van der Waals surface area contributed by atoms with Crippen molar-refractivity contribution in [2.75, 3.05) is 49.7 Å². The van der Waals surface area contributed by atoms with Crippen molar-refractivity contribution in [2.45, 2.75) is 62.6 Å². The summed E-state index contributed by atoms with van der Waals surface area (Å²) in [6.07, 6.45) is 3.46. The van der Waals surface area contributed by atoms with Gasteiger partial charge in [0.1, 0.15) is 5.75 Å². The highest BCUT2D eigenvalue weighted by molar-refractivity contribution is 5.68. The number of halogens is 3. The van der Waals surface area contributed by atoms with Crippen molar-refractivity contribution in [3.63, 3.8) is 0 Å². The van der Waals surface area contributed by atoms with Crippen LogP contribution in [0.25, 0.3) is 0 Å². The normalized spacial score (nSPS) is 19.3. The number of piperidine rings is 2. The molecule has 6 rings (SSSR count). The van der Waals surface area contributed by atoms with Gasteiger partial charge in [-0.05, 0) is 74.0 Å². The van der Waals surface area contributed by atoms with Crippen molar-refractivity contribution in [1.29, 1.82) is 0 Å². The van der Waals surface area contributed by atoms with Gasteiger partial charge < -0.3 is 29.5 Å². The molecular weight excluding hydrogens is 615 g/mol. The Hall–Kier alpha value is -4.13. The molecule has 0 spiro atoms. The Labute approximate surface area is 271 Å². The molecule has 1 aromatic carbocycles. The van der Waals surface area contributed by atoms with Crippen LogP contribution in [0.5, 0.6) is 11.6 Å². The van der Waals surface area contributed by atoms with Gasteiger partial charge in [0.2, 0.25) is 11.8 Å². The molecule has 3 aliphatic rings. The summed E-state index contributed by atoms with van der Waals surface area (Å²) in [6.45, 7) is 2.80.